The quantitative estimate of drug-likeness (QED) is 0.469. The molecule has 0 radical (unpaired) electrons. The summed E-state index contributed by atoms with van der Waals surface area (Å²) in [5, 5.41) is 0. The van der Waals surface area contributed by atoms with Crippen LogP contribution in [0.3, 0.4) is 0 Å². The summed E-state index contributed by atoms with van der Waals surface area (Å²) in [4.78, 5) is 12.2. The van der Waals surface area contributed by atoms with Gasteiger partial charge in [-0.15, -0.1) is 0 Å². The van der Waals surface area contributed by atoms with Gasteiger partial charge in [-0.3, -0.25) is 4.79 Å². The predicted octanol–water partition coefficient (Wildman–Crippen LogP) is 5.97. The summed E-state index contributed by atoms with van der Waals surface area (Å²) >= 11 is 0. The summed E-state index contributed by atoms with van der Waals surface area (Å²) < 4.78 is 57.5. The molecule has 0 aliphatic heterocycles. The minimum atomic E-state index is -4.67. The molecular weight excluding hydrogens is 324 g/mol. The van der Waals surface area contributed by atoms with Crippen LogP contribution in [0.5, 0.6) is 5.75 Å². The molecule has 0 bridgehead atoms. The van der Waals surface area contributed by atoms with Crippen LogP contribution in [-0.4, -0.2) is 12.4 Å². The Balaban J connectivity index is 3.13. The number of halogens is 4. The SMILES string of the molecule is CC/C(=C\F)COc1ccc(C(=O)CC(C)(C)C)c(C(F)(F)F)c1. The molecule has 24 heavy (non-hydrogen) atoms. The van der Waals surface area contributed by atoms with Crippen LogP contribution in [0.1, 0.15) is 56.5 Å². The van der Waals surface area contributed by atoms with Crippen molar-refractivity contribution in [2.75, 3.05) is 6.61 Å². The zero-order chi connectivity index (χ0) is 18.5. The number of benzene rings is 1. The van der Waals surface area contributed by atoms with Gasteiger partial charge in [-0.25, -0.2) is 4.39 Å². The van der Waals surface area contributed by atoms with Gasteiger partial charge >= 0.3 is 6.18 Å². The summed E-state index contributed by atoms with van der Waals surface area (Å²) in [5.74, 6) is -0.623. The van der Waals surface area contributed by atoms with Crippen molar-refractivity contribution in [2.45, 2.75) is 46.7 Å². The molecule has 0 amide bonds. The van der Waals surface area contributed by atoms with Crippen LogP contribution in [0.2, 0.25) is 0 Å². The summed E-state index contributed by atoms with van der Waals surface area (Å²) in [6.45, 7) is 6.92. The van der Waals surface area contributed by atoms with E-state index < -0.39 is 22.9 Å². The van der Waals surface area contributed by atoms with Crippen LogP contribution in [-0.2, 0) is 6.18 Å². The fourth-order valence-electron chi connectivity index (χ4n) is 2.05. The lowest BCUT2D eigenvalue weighted by Crippen LogP contribution is -2.18. The van der Waals surface area contributed by atoms with Crippen LogP contribution >= 0.6 is 0 Å². The summed E-state index contributed by atoms with van der Waals surface area (Å²) in [5.41, 5.74) is -1.49. The second-order valence-electron chi connectivity index (χ2n) is 6.78. The van der Waals surface area contributed by atoms with Gasteiger partial charge in [-0.2, -0.15) is 13.2 Å². The van der Waals surface area contributed by atoms with E-state index in [0.29, 0.717) is 18.3 Å². The minimum absolute atomic E-state index is 0.000849. The van der Waals surface area contributed by atoms with Crippen LogP contribution in [0.25, 0.3) is 0 Å². The average Bonchev–Trinajstić information content (AvgIpc) is 2.45. The van der Waals surface area contributed by atoms with E-state index >= 15 is 0 Å². The number of ketones is 1. The first-order valence-corrected chi connectivity index (χ1v) is 7.63. The molecule has 1 aromatic rings. The van der Waals surface area contributed by atoms with Crippen LogP contribution < -0.4 is 4.74 Å². The van der Waals surface area contributed by atoms with Gasteiger partial charge in [-0.1, -0.05) is 27.7 Å². The van der Waals surface area contributed by atoms with Crippen molar-refractivity contribution in [1.82, 2.24) is 0 Å². The molecule has 0 heterocycles. The molecule has 0 saturated heterocycles. The minimum Gasteiger partial charge on any atom is -0.489 e. The largest absolute Gasteiger partial charge is 0.489 e. The number of alkyl halides is 3. The Hall–Kier alpha value is -1.85. The van der Waals surface area contributed by atoms with Gasteiger partial charge in [0.05, 0.1) is 11.9 Å². The molecule has 6 heteroatoms. The first-order chi connectivity index (χ1) is 11.0. The maximum atomic E-state index is 13.3. The van der Waals surface area contributed by atoms with Crippen molar-refractivity contribution in [2.24, 2.45) is 5.41 Å². The molecule has 0 unspecified atom stereocenters. The molecule has 0 fully saturated rings. The van der Waals surface area contributed by atoms with Crippen molar-refractivity contribution in [1.29, 1.82) is 0 Å². The molecule has 0 aromatic heterocycles. The molecular formula is C18H22F4O2. The van der Waals surface area contributed by atoms with Gasteiger partial charge in [0.15, 0.2) is 5.78 Å². The summed E-state index contributed by atoms with van der Waals surface area (Å²) in [6.07, 6.45) is -3.90. The first kappa shape index (κ1) is 20.2. The molecule has 2 nitrogen and oxygen atoms in total. The van der Waals surface area contributed by atoms with Crippen molar-refractivity contribution in [3.05, 3.63) is 41.2 Å². The molecule has 1 rings (SSSR count). The molecule has 0 spiro atoms. The van der Waals surface area contributed by atoms with E-state index in [0.717, 1.165) is 12.1 Å². The highest BCUT2D eigenvalue weighted by Gasteiger charge is 2.36. The number of hydrogen-bond acceptors (Lipinski definition) is 2. The number of ether oxygens (including phenoxy) is 1. The Morgan fingerprint density at radius 3 is 2.29 bits per heavy atom. The summed E-state index contributed by atoms with van der Waals surface area (Å²) in [7, 11) is 0. The summed E-state index contributed by atoms with van der Waals surface area (Å²) in [6, 6.07) is 3.22. The van der Waals surface area contributed by atoms with Crippen LogP contribution in [0.15, 0.2) is 30.1 Å². The van der Waals surface area contributed by atoms with E-state index in [-0.39, 0.29) is 24.3 Å². The lowest BCUT2D eigenvalue weighted by Gasteiger charge is -2.19. The second kappa shape index (κ2) is 7.81. The average molecular weight is 346 g/mol. The molecule has 0 N–H and O–H groups in total. The maximum absolute atomic E-state index is 13.3. The number of carbonyl (C=O) groups is 1. The number of rotatable bonds is 6. The third kappa shape index (κ3) is 5.98. The number of carbonyl (C=O) groups excluding carboxylic acids is 1. The lowest BCUT2D eigenvalue weighted by atomic mass is 9.86. The zero-order valence-corrected chi connectivity index (χ0v) is 14.3. The first-order valence-electron chi connectivity index (χ1n) is 7.63. The van der Waals surface area contributed by atoms with Crippen LogP contribution in [0, 0.1) is 5.41 Å². The fourth-order valence-corrected chi connectivity index (χ4v) is 2.05. The van der Waals surface area contributed by atoms with Crippen molar-refractivity contribution < 1.29 is 27.1 Å². The Morgan fingerprint density at radius 2 is 1.83 bits per heavy atom. The molecule has 0 aliphatic rings. The topological polar surface area (TPSA) is 26.3 Å². The zero-order valence-electron chi connectivity index (χ0n) is 14.3. The highest BCUT2D eigenvalue weighted by Crippen LogP contribution is 2.36. The van der Waals surface area contributed by atoms with E-state index in [9.17, 15) is 22.4 Å². The van der Waals surface area contributed by atoms with Crippen LogP contribution in [0.4, 0.5) is 17.6 Å². The molecule has 0 saturated carbocycles. The van der Waals surface area contributed by atoms with E-state index in [4.69, 9.17) is 4.74 Å². The maximum Gasteiger partial charge on any atom is 0.417 e. The van der Waals surface area contributed by atoms with E-state index in [1.807, 2.05) is 0 Å². The Labute approximate surface area is 139 Å². The fraction of sp³-hybridized carbons (Fsp3) is 0.500. The Morgan fingerprint density at radius 1 is 1.21 bits per heavy atom. The van der Waals surface area contributed by atoms with Crippen molar-refractivity contribution in [3.63, 3.8) is 0 Å². The van der Waals surface area contributed by atoms with Gasteiger partial charge in [0.1, 0.15) is 12.4 Å². The molecule has 1 aromatic carbocycles. The lowest BCUT2D eigenvalue weighted by molar-refractivity contribution is -0.138. The smallest absolute Gasteiger partial charge is 0.417 e. The standard InChI is InChI=1S/C18H22F4O2/c1-5-12(10-19)11-24-13-6-7-14(15(8-13)18(20,21)22)16(23)9-17(2,3)4/h6-8,10H,5,9,11H2,1-4H3/b12-10+. The van der Waals surface area contributed by atoms with E-state index in [2.05, 4.69) is 0 Å². The van der Waals surface area contributed by atoms with Gasteiger partial charge < -0.3 is 4.74 Å². The molecule has 0 aliphatic carbocycles. The van der Waals surface area contributed by atoms with Gasteiger partial charge in [0, 0.05) is 12.0 Å². The van der Waals surface area contributed by atoms with Gasteiger partial charge in [0.25, 0.3) is 0 Å². The predicted molar refractivity (Wildman–Crippen MR) is 84.8 cm³/mol. The molecule has 134 valence electrons. The van der Waals surface area contributed by atoms with Crippen molar-refractivity contribution in [3.8, 4) is 5.75 Å². The normalized spacial score (nSPS) is 13.1. The Bertz CT molecular complexity index is 610. The highest BCUT2D eigenvalue weighted by atomic mass is 19.4. The van der Waals surface area contributed by atoms with E-state index in [1.54, 1.807) is 27.7 Å². The van der Waals surface area contributed by atoms with Gasteiger partial charge in [0.2, 0.25) is 0 Å². The highest BCUT2D eigenvalue weighted by molar-refractivity contribution is 5.98. The van der Waals surface area contributed by atoms with E-state index in [1.165, 1.54) is 6.07 Å². The molecule has 0 atom stereocenters. The second-order valence-corrected chi connectivity index (χ2v) is 6.78. The van der Waals surface area contributed by atoms with Crippen molar-refractivity contribution >= 4 is 5.78 Å². The Kier molecular flexibility index (Phi) is 6.58. The van der Waals surface area contributed by atoms with Gasteiger partial charge in [-0.05, 0) is 35.6 Å². The number of hydrogen-bond donors (Lipinski definition) is 0. The third-order valence-corrected chi connectivity index (χ3v) is 3.32. The number of Topliss-reactive ketones (excluding diaryl/α,β-unsaturated/α-hetero) is 1. The monoisotopic (exact) mass is 346 g/mol. The third-order valence-electron chi connectivity index (χ3n) is 3.32.